The lowest BCUT2D eigenvalue weighted by Gasteiger charge is -2.21. The maximum Gasteiger partial charge on any atom is 0.252 e. The lowest BCUT2D eigenvalue weighted by Crippen LogP contribution is -2.46. The van der Waals surface area contributed by atoms with Gasteiger partial charge in [-0.25, -0.2) is 0 Å². The number of nitrogens with one attached hydrogen (secondary N) is 1. The van der Waals surface area contributed by atoms with Crippen LogP contribution in [0.1, 0.15) is 29.8 Å². The second-order valence-corrected chi connectivity index (χ2v) is 5.94. The number of nitrogens with two attached hydrogens (primary N) is 1. The first-order valence-corrected chi connectivity index (χ1v) is 6.89. The standard InChI is InChI=1S/C13H17BrN2OS/c1-7(2)11(12(15)18)16-13(17)10-5-4-9(14)6-8(10)3/h4-7,11H,1-3H3,(H2,15,18)(H,16,17). The van der Waals surface area contributed by atoms with E-state index in [1.54, 1.807) is 6.07 Å². The van der Waals surface area contributed by atoms with Gasteiger partial charge in [0, 0.05) is 10.0 Å². The largest absolute Gasteiger partial charge is 0.392 e. The number of halogens is 1. The third-order valence-electron chi connectivity index (χ3n) is 2.69. The van der Waals surface area contributed by atoms with Gasteiger partial charge in [0.15, 0.2) is 0 Å². The van der Waals surface area contributed by atoms with Gasteiger partial charge in [-0.15, -0.1) is 0 Å². The summed E-state index contributed by atoms with van der Waals surface area (Å²) in [6.45, 7) is 5.84. The minimum Gasteiger partial charge on any atom is -0.392 e. The summed E-state index contributed by atoms with van der Waals surface area (Å²) in [5.41, 5.74) is 7.18. The molecule has 0 fully saturated rings. The molecule has 3 nitrogen and oxygen atoms in total. The van der Waals surface area contributed by atoms with Crippen LogP contribution in [0, 0.1) is 12.8 Å². The molecular weight excluding hydrogens is 312 g/mol. The van der Waals surface area contributed by atoms with E-state index in [0.29, 0.717) is 10.6 Å². The fourth-order valence-electron chi connectivity index (χ4n) is 1.67. The number of amides is 1. The maximum atomic E-state index is 12.2. The summed E-state index contributed by atoms with van der Waals surface area (Å²) >= 11 is 8.34. The van der Waals surface area contributed by atoms with Crippen molar-refractivity contribution in [1.82, 2.24) is 5.32 Å². The smallest absolute Gasteiger partial charge is 0.252 e. The Morgan fingerprint density at radius 1 is 1.44 bits per heavy atom. The second kappa shape index (κ2) is 6.29. The molecule has 1 unspecified atom stereocenters. The topological polar surface area (TPSA) is 55.1 Å². The van der Waals surface area contributed by atoms with Crippen molar-refractivity contribution in [2.24, 2.45) is 11.7 Å². The van der Waals surface area contributed by atoms with Crippen molar-refractivity contribution in [3.8, 4) is 0 Å². The Balaban J connectivity index is 2.91. The van der Waals surface area contributed by atoms with Gasteiger partial charge in [-0.3, -0.25) is 4.79 Å². The minimum atomic E-state index is -0.282. The summed E-state index contributed by atoms with van der Waals surface area (Å²) in [6, 6.07) is 5.24. The zero-order chi connectivity index (χ0) is 13.9. The monoisotopic (exact) mass is 328 g/mol. The predicted octanol–water partition coefficient (Wildman–Crippen LogP) is 2.80. The van der Waals surface area contributed by atoms with Crippen LogP contribution in [0.4, 0.5) is 0 Å². The lowest BCUT2D eigenvalue weighted by atomic mass is 10.0. The van der Waals surface area contributed by atoms with Crippen LogP contribution in [-0.2, 0) is 0 Å². The summed E-state index contributed by atoms with van der Waals surface area (Å²) in [6.07, 6.45) is 0. The van der Waals surface area contributed by atoms with Crippen LogP contribution >= 0.6 is 28.1 Å². The van der Waals surface area contributed by atoms with E-state index in [-0.39, 0.29) is 17.9 Å². The Morgan fingerprint density at radius 2 is 2.06 bits per heavy atom. The fraction of sp³-hybridized carbons (Fsp3) is 0.385. The van der Waals surface area contributed by atoms with Crippen molar-refractivity contribution in [1.29, 1.82) is 0 Å². The van der Waals surface area contributed by atoms with Gasteiger partial charge < -0.3 is 11.1 Å². The van der Waals surface area contributed by atoms with E-state index in [9.17, 15) is 4.79 Å². The molecule has 5 heteroatoms. The number of carbonyl (C=O) groups excluding carboxylic acids is 1. The van der Waals surface area contributed by atoms with Crippen molar-refractivity contribution >= 4 is 39.0 Å². The van der Waals surface area contributed by atoms with E-state index in [2.05, 4.69) is 21.2 Å². The molecule has 0 aromatic heterocycles. The van der Waals surface area contributed by atoms with Crippen LogP contribution in [0.3, 0.4) is 0 Å². The molecule has 0 aliphatic carbocycles. The molecule has 0 spiro atoms. The Bertz CT molecular complexity index is 474. The molecule has 1 atom stereocenters. The molecule has 0 saturated carbocycles. The van der Waals surface area contributed by atoms with Gasteiger partial charge in [-0.1, -0.05) is 42.0 Å². The van der Waals surface area contributed by atoms with Gasteiger partial charge in [-0.2, -0.15) is 0 Å². The number of aryl methyl sites for hydroxylation is 1. The average Bonchev–Trinajstić information content (AvgIpc) is 2.24. The molecule has 1 amide bonds. The van der Waals surface area contributed by atoms with Crippen LogP contribution in [0.25, 0.3) is 0 Å². The highest BCUT2D eigenvalue weighted by molar-refractivity contribution is 9.10. The third kappa shape index (κ3) is 3.78. The maximum absolute atomic E-state index is 12.2. The van der Waals surface area contributed by atoms with Crippen LogP contribution in [0.15, 0.2) is 22.7 Å². The highest BCUT2D eigenvalue weighted by Gasteiger charge is 2.20. The van der Waals surface area contributed by atoms with Crippen molar-refractivity contribution in [2.45, 2.75) is 26.8 Å². The molecule has 1 rings (SSSR count). The molecule has 98 valence electrons. The normalized spacial score (nSPS) is 12.3. The lowest BCUT2D eigenvalue weighted by molar-refractivity contribution is 0.0939. The zero-order valence-corrected chi connectivity index (χ0v) is 13.1. The van der Waals surface area contributed by atoms with Gasteiger partial charge in [0.05, 0.1) is 11.0 Å². The summed E-state index contributed by atoms with van der Waals surface area (Å²) in [7, 11) is 0. The molecule has 0 aliphatic heterocycles. The second-order valence-electron chi connectivity index (χ2n) is 4.56. The first-order valence-electron chi connectivity index (χ1n) is 5.69. The van der Waals surface area contributed by atoms with E-state index in [0.717, 1.165) is 10.0 Å². The predicted molar refractivity (Wildman–Crippen MR) is 81.8 cm³/mol. The molecular formula is C13H17BrN2OS. The number of hydrogen-bond acceptors (Lipinski definition) is 2. The highest BCUT2D eigenvalue weighted by Crippen LogP contribution is 2.16. The summed E-state index contributed by atoms with van der Waals surface area (Å²) in [5.74, 6) is 0.0219. The Morgan fingerprint density at radius 3 is 2.50 bits per heavy atom. The molecule has 0 saturated heterocycles. The van der Waals surface area contributed by atoms with Crippen molar-refractivity contribution in [3.05, 3.63) is 33.8 Å². The van der Waals surface area contributed by atoms with Gasteiger partial charge in [0.2, 0.25) is 0 Å². The third-order valence-corrected chi connectivity index (χ3v) is 3.44. The van der Waals surface area contributed by atoms with Crippen LogP contribution in [0.2, 0.25) is 0 Å². The first kappa shape index (κ1) is 15.1. The van der Waals surface area contributed by atoms with E-state index < -0.39 is 0 Å². The van der Waals surface area contributed by atoms with Gasteiger partial charge in [-0.05, 0) is 36.6 Å². The van der Waals surface area contributed by atoms with E-state index in [1.165, 1.54) is 0 Å². The van der Waals surface area contributed by atoms with Gasteiger partial charge >= 0.3 is 0 Å². The number of thiocarbonyl (C=S) groups is 1. The molecule has 0 radical (unpaired) electrons. The SMILES string of the molecule is Cc1cc(Br)ccc1C(=O)NC(C(N)=S)C(C)C. The summed E-state index contributed by atoms with van der Waals surface area (Å²) < 4.78 is 0.950. The Kier molecular flexibility index (Phi) is 5.28. The summed E-state index contributed by atoms with van der Waals surface area (Å²) in [4.78, 5) is 12.5. The van der Waals surface area contributed by atoms with E-state index in [1.807, 2.05) is 32.9 Å². The van der Waals surface area contributed by atoms with E-state index >= 15 is 0 Å². The number of carbonyl (C=O) groups is 1. The van der Waals surface area contributed by atoms with Gasteiger partial charge in [0.1, 0.15) is 0 Å². The number of rotatable bonds is 4. The van der Waals surface area contributed by atoms with Crippen LogP contribution in [-0.4, -0.2) is 16.9 Å². The number of hydrogen-bond donors (Lipinski definition) is 2. The highest BCUT2D eigenvalue weighted by atomic mass is 79.9. The molecule has 3 N–H and O–H groups in total. The molecule has 0 bridgehead atoms. The molecule has 0 aliphatic rings. The minimum absolute atomic E-state index is 0.147. The van der Waals surface area contributed by atoms with Crippen molar-refractivity contribution in [2.75, 3.05) is 0 Å². The zero-order valence-electron chi connectivity index (χ0n) is 10.7. The van der Waals surface area contributed by atoms with Gasteiger partial charge in [0.25, 0.3) is 5.91 Å². The first-order chi connectivity index (χ1) is 8.32. The fourth-order valence-corrected chi connectivity index (χ4v) is 2.47. The molecule has 18 heavy (non-hydrogen) atoms. The Labute approximate surface area is 121 Å². The quantitative estimate of drug-likeness (QED) is 0.835. The van der Waals surface area contributed by atoms with Crippen molar-refractivity contribution in [3.63, 3.8) is 0 Å². The molecule has 0 heterocycles. The van der Waals surface area contributed by atoms with Crippen molar-refractivity contribution < 1.29 is 4.79 Å². The number of benzene rings is 1. The average molecular weight is 329 g/mol. The summed E-state index contributed by atoms with van der Waals surface area (Å²) in [5, 5.41) is 2.87. The molecule has 1 aromatic rings. The van der Waals surface area contributed by atoms with Crippen LogP contribution < -0.4 is 11.1 Å². The molecule has 1 aromatic carbocycles. The van der Waals surface area contributed by atoms with Crippen LogP contribution in [0.5, 0.6) is 0 Å². The van der Waals surface area contributed by atoms with E-state index in [4.69, 9.17) is 18.0 Å². The Hall–Kier alpha value is -0.940.